The summed E-state index contributed by atoms with van der Waals surface area (Å²) in [4.78, 5) is 0. The van der Waals surface area contributed by atoms with E-state index in [1.165, 1.54) is 16.1 Å². The van der Waals surface area contributed by atoms with E-state index in [-0.39, 0.29) is 0 Å². The maximum absolute atomic E-state index is 5.19. The molecule has 0 radical (unpaired) electrons. The van der Waals surface area contributed by atoms with Gasteiger partial charge in [-0.3, -0.25) is 0 Å². The summed E-state index contributed by atoms with van der Waals surface area (Å²) in [7, 11) is 1.69. The molecule has 1 rings (SSSR count). The van der Waals surface area contributed by atoms with Crippen LogP contribution < -0.4 is 4.74 Å². The lowest BCUT2D eigenvalue weighted by Crippen LogP contribution is -2.31. The summed E-state index contributed by atoms with van der Waals surface area (Å²) >= 11 is -1.86. The Morgan fingerprint density at radius 1 is 1.05 bits per heavy atom. The molecule has 2 nitrogen and oxygen atoms in total. The SMILES string of the molecule is COc1ccc(/C=[N]/[Al-]([CH3])([CH2]C(C)C)[CH2]C(C)C)cc1. The Morgan fingerprint density at radius 3 is 1.95 bits per heavy atom. The van der Waals surface area contributed by atoms with E-state index in [0.29, 0.717) is 0 Å². The number of rotatable bonds is 7. The summed E-state index contributed by atoms with van der Waals surface area (Å²) in [6.45, 7) is 9.23. The van der Waals surface area contributed by atoms with E-state index in [1.807, 2.05) is 12.1 Å². The van der Waals surface area contributed by atoms with Gasteiger partial charge < -0.3 is 8.71 Å². The molecule has 0 atom stereocenters. The smallest absolute Gasteiger partial charge is 0.273 e. The highest BCUT2D eigenvalue weighted by Gasteiger charge is 2.25. The first-order chi connectivity index (χ1) is 9.34. The third-order valence-electron chi connectivity index (χ3n) is 3.66. The van der Waals surface area contributed by atoms with E-state index in [0.717, 1.165) is 17.6 Å². The normalized spacial score (nSPS) is 12.6. The Kier molecular flexibility index (Phi) is 6.79. The van der Waals surface area contributed by atoms with Gasteiger partial charge in [0.25, 0.3) is 13.3 Å². The van der Waals surface area contributed by atoms with Crippen molar-refractivity contribution in [3.63, 3.8) is 0 Å². The maximum atomic E-state index is 5.19. The summed E-state index contributed by atoms with van der Waals surface area (Å²) in [6.07, 6.45) is 2.08. The Bertz CT molecular complexity index is 413. The Balaban J connectivity index is 2.83. The van der Waals surface area contributed by atoms with Gasteiger partial charge in [-0.1, -0.05) is 39.5 Å². The number of methoxy groups -OCH3 is 1. The molecule has 0 aromatic heterocycles. The molecule has 0 aliphatic heterocycles. The van der Waals surface area contributed by atoms with Crippen LogP contribution in [-0.2, 0) is 0 Å². The summed E-state index contributed by atoms with van der Waals surface area (Å²) in [6, 6.07) is 8.14. The molecule has 0 aliphatic carbocycles. The molecule has 1 aromatic carbocycles. The fourth-order valence-corrected chi connectivity index (χ4v) is 8.24. The van der Waals surface area contributed by atoms with Gasteiger partial charge in [0.2, 0.25) is 0 Å². The second-order valence-corrected chi connectivity index (χ2v) is 11.7. The molecule has 0 spiro atoms. The number of hydrogen-bond acceptors (Lipinski definition) is 2. The first kappa shape index (κ1) is 17.3. The molecule has 1 aromatic rings. The fourth-order valence-electron chi connectivity index (χ4n) is 3.21. The van der Waals surface area contributed by atoms with Crippen LogP contribution in [-0.4, -0.2) is 26.6 Å². The molecule has 0 saturated heterocycles. The molecular weight excluding hydrogens is 261 g/mol. The molecule has 112 valence electrons. The van der Waals surface area contributed by atoms with Gasteiger partial charge >= 0.3 is 0 Å². The number of benzene rings is 1. The molecule has 0 unspecified atom stereocenters. The lowest BCUT2D eigenvalue weighted by Gasteiger charge is -2.31. The zero-order valence-electron chi connectivity index (χ0n) is 13.9. The van der Waals surface area contributed by atoms with Crippen molar-refractivity contribution < 1.29 is 4.74 Å². The van der Waals surface area contributed by atoms with Gasteiger partial charge in [-0.05, 0) is 36.0 Å². The molecule has 20 heavy (non-hydrogen) atoms. The third kappa shape index (κ3) is 6.12. The van der Waals surface area contributed by atoms with Crippen molar-refractivity contribution in [3.8, 4) is 5.75 Å². The van der Waals surface area contributed by atoms with Gasteiger partial charge in [0, 0.05) is 0 Å². The largest absolute Gasteiger partial charge is 0.557 e. The van der Waals surface area contributed by atoms with Crippen LogP contribution in [0.5, 0.6) is 5.75 Å². The molecule has 0 N–H and O–H groups in total. The van der Waals surface area contributed by atoms with Gasteiger partial charge in [0.05, 0.1) is 7.11 Å². The van der Waals surface area contributed by atoms with Crippen molar-refractivity contribution >= 4 is 19.5 Å². The van der Waals surface area contributed by atoms with E-state index < -0.39 is 13.3 Å². The van der Waals surface area contributed by atoms with Crippen LogP contribution in [0.1, 0.15) is 33.3 Å². The Morgan fingerprint density at radius 2 is 1.55 bits per heavy atom. The van der Waals surface area contributed by atoms with Crippen LogP contribution in [0, 0.1) is 11.8 Å². The highest BCUT2D eigenvalue weighted by molar-refractivity contribution is 6.77. The van der Waals surface area contributed by atoms with Crippen LogP contribution in [0.4, 0.5) is 0 Å². The second-order valence-electron chi connectivity index (χ2n) is 7.04. The van der Waals surface area contributed by atoms with Crippen molar-refractivity contribution in [1.82, 2.24) is 0 Å². The van der Waals surface area contributed by atoms with Crippen molar-refractivity contribution in [2.75, 3.05) is 7.11 Å². The van der Waals surface area contributed by atoms with Crippen molar-refractivity contribution in [1.29, 1.82) is 0 Å². The fraction of sp³-hybridized carbons (Fsp3) is 0.588. The molecule has 0 saturated carbocycles. The van der Waals surface area contributed by atoms with Gasteiger partial charge in [-0.25, -0.2) is 0 Å². The first-order valence-electron chi connectivity index (χ1n) is 7.76. The standard InChI is InChI=1S/C8H8NO.2C4H9.CH3.Al/c1-10-8-4-2-7(6-9)3-5-8;2*1-4(2)3;;/h2-6H,1H3;2*4H,1H2,2-3H3;1H3;/q-1;;;;. The van der Waals surface area contributed by atoms with Crippen LogP contribution >= 0.6 is 0 Å². The minimum Gasteiger partial charge on any atom is -0.557 e. The number of nitrogens with zero attached hydrogens (tertiary/aromatic N) is 1. The average Bonchev–Trinajstić information content (AvgIpc) is 2.35. The Hall–Kier alpha value is -0.778. The molecule has 0 heterocycles. The zero-order chi connectivity index (χ0) is 15.2. The van der Waals surface area contributed by atoms with Crippen LogP contribution in [0.15, 0.2) is 28.2 Å². The number of ether oxygens (including phenoxy) is 1. The van der Waals surface area contributed by atoms with Crippen LogP contribution in [0.2, 0.25) is 16.4 Å². The summed E-state index contributed by atoms with van der Waals surface area (Å²) in [5.74, 6) is 4.80. The molecule has 3 heteroatoms. The minimum absolute atomic E-state index is 0.733. The van der Waals surface area contributed by atoms with Gasteiger partial charge in [-0.2, -0.15) is 16.4 Å². The van der Waals surface area contributed by atoms with Crippen LogP contribution in [0.3, 0.4) is 0 Å². The zero-order valence-corrected chi connectivity index (χ0v) is 15.0. The highest BCUT2D eigenvalue weighted by atomic mass is 27.3. The molecule has 0 amide bonds. The maximum Gasteiger partial charge on any atom is 0.273 e. The van der Waals surface area contributed by atoms with Crippen LogP contribution in [0.25, 0.3) is 0 Å². The van der Waals surface area contributed by atoms with E-state index in [2.05, 4.69) is 51.8 Å². The van der Waals surface area contributed by atoms with Crippen molar-refractivity contribution in [2.45, 2.75) is 44.0 Å². The number of hydrogen-bond donors (Lipinski definition) is 0. The quantitative estimate of drug-likeness (QED) is 0.511. The summed E-state index contributed by atoms with van der Waals surface area (Å²) < 4.78 is 10.2. The molecule has 0 bridgehead atoms. The molecule has 0 aliphatic rings. The Labute approximate surface area is 127 Å². The molecule has 0 fully saturated rings. The summed E-state index contributed by atoms with van der Waals surface area (Å²) in [5.41, 5.74) is 1.17. The van der Waals surface area contributed by atoms with Crippen molar-refractivity contribution in [2.24, 2.45) is 15.8 Å². The minimum atomic E-state index is -1.86. The lowest BCUT2D eigenvalue weighted by atomic mass is 10.2. The van der Waals surface area contributed by atoms with E-state index in [4.69, 9.17) is 8.71 Å². The first-order valence-corrected chi connectivity index (χ1v) is 11.1. The average molecular weight is 290 g/mol. The predicted octanol–water partition coefficient (Wildman–Crippen LogP) is 5.00. The van der Waals surface area contributed by atoms with Gasteiger partial charge in [-0.15, -0.1) is 0 Å². The van der Waals surface area contributed by atoms with Gasteiger partial charge in [0.15, 0.2) is 0 Å². The van der Waals surface area contributed by atoms with E-state index in [1.54, 1.807) is 7.11 Å². The van der Waals surface area contributed by atoms with Crippen molar-refractivity contribution in [3.05, 3.63) is 29.8 Å². The monoisotopic (exact) mass is 290 g/mol. The van der Waals surface area contributed by atoms with Gasteiger partial charge in [0.1, 0.15) is 5.75 Å². The second kappa shape index (κ2) is 7.86. The topological polar surface area (TPSA) is 21.6 Å². The van der Waals surface area contributed by atoms with E-state index in [9.17, 15) is 0 Å². The molecular formula is C17H29AlNO-. The van der Waals surface area contributed by atoms with E-state index >= 15 is 0 Å². The summed E-state index contributed by atoms with van der Waals surface area (Å²) in [5, 5.41) is 2.58. The predicted molar refractivity (Wildman–Crippen MR) is 91.5 cm³/mol. The lowest BCUT2D eigenvalue weighted by molar-refractivity contribution is 0.415. The third-order valence-corrected chi connectivity index (χ3v) is 8.44. The highest BCUT2D eigenvalue weighted by Crippen LogP contribution is 2.26.